The van der Waals surface area contributed by atoms with Crippen LogP contribution in [-0.2, 0) is 25.8 Å². The molecular formula is C11H11F3O5S. The maximum absolute atomic E-state index is 11.7. The standard InChI is InChI=1S/C11H11F3O5S/c12-11(13,14)19-5-6-20(17,18)9-3-1-8(2-4-9)7-10(15)16/h1-4H,5-7H2,(H,15,16). The van der Waals surface area contributed by atoms with Crippen LogP contribution in [0.3, 0.4) is 0 Å². The lowest BCUT2D eigenvalue weighted by atomic mass is 10.2. The first kappa shape index (κ1) is 16.4. The predicted octanol–water partition coefficient (Wildman–Crippen LogP) is 1.62. The maximum atomic E-state index is 11.7. The zero-order valence-corrected chi connectivity index (χ0v) is 10.9. The van der Waals surface area contributed by atoms with Crippen LogP contribution in [0.1, 0.15) is 5.56 Å². The van der Waals surface area contributed by atoms with Gasteiger partial charge in [0.15, 0.2) is 9.84 Å². The van der Waals surface area contributed by atoms with Crippen molar-refractivity contribution in [1.82, 2.24) is 0 Å². The Morgan fingerprint density at radius 1 is 1.20 bits per heavy atom. The highest BCUT2D eigenvalue weighted by Gasteiger charge is 2.29. The molecule has 0 unspecified atom stereocenters. The number of hydrogen-bond acceptors (Lipinski definition) is 4. The quantitative estimate of drug-likeness (QED) is 0.863. The van der Waals surface area contributed by atoms with E-state index in [4.69, 9.17) is 5.11 Å². The van der Waals surface area contributed by atoms with Gasteiger partial charge in [-0.05, 0) is 17.7 Å². The SMILES string of the molecule is O=C(O)Cc1ccc(S(=O)(=O)CCOC(F)(F)F)cc1. The Balaban J connectivity index is 2.70. The molecule has 0 aliphatic rings. The number of carboxylic acids is 1. The van der Waals surface area contributed by atoms with Crippen LogP contribution in [0.15, 0.2) is 29.2 Å². The summed E-state index contributed by atoms with van der Waals surface area (Å²) in [6.07, 6.45) is -5.14. The Hall–Kier alpha value is -1.61. The summed E-state index contributed by atoms with van der Waals surface area (Å²) in [5, 5.41) is 8.55. The number of benzene rings is 1. The van der Waals surface area contributed by atoms with Crippen molar-refractivity contribution in [3.63, 3.8) is 0 Å². The number of sulfone groups is 1. The molecule has 1 N–H and O–H groups in total. The number of ether oxygens (including phenoxy) is 1. The molecule has 20 heavy (non-hydrogen) atoms. The summed E-state index contributed by atoms with van der Waals surface area (Å²) in [5.74, 6) is -1.88. The summed E-state index contributed by atoms with van der Waals surface area (Å²) < 4.78 is 62.0. The van der Waals surface area contributed by atoms with Gasteiger partial charge in [-0.25, -0.2) is 8.42 Å². The maximum Gasteiger partial charge on any atom is 0.522 e. The molecule has 5 nitrogen and oxygen atoms in total. The second-order valence-corrected chi connectivity index (χ2v) is 5.94. The van der Waals surface area contributed by atoms with Crippen LogP contribution in [0, 0.1) is 0 Å². The van der Waals surface area contributed by atoms with Crippen molar-refractivity contribution in [3.8, 4) is 0 Å². The third kappa shape index (κ3) is 5.57. The van der Waals surface area contributed by atoms with Gasteiger partial charge in [0, 0.05) is 0 Å². The van der Waals surface area contributed by atoms with E-state index in [2.05, 4.69) is 4.74 Å². The third-order valence-electron chi connectivity index (χ3n) is 2.26. The molecule has 1 aromatic rings. The summed E-state index contributed by atoms with van der Waals surface area (Å²) in [7, 11) is -3.90. The average molecular weight is 312 g/mol. The molecule has 9 heteroatoms. The molecule has 0 amide bonds. The van der Waals surface area contributed by atoms with Gasteiger partial charge < -0.3 is 5.11 Å². The van der Waals surface area contributed by atoms with Gasteiger partial charge in [-0.1, -0.05) is 12.1 Å². The van der Waals surface area contributed by atoms with E-state index in [1.54, 1.807) is 0 Å². The van der Waals surface area contributed by atoms with Crippen LogP contribution in [0.5, 0.6) is 0 Å². The molecule has 0 aromatic heterocycles. The zero-order valence-electron chi connectivity index (χ0n) is 10.1. The first-order valence-electron chi connectivity index (χ1n) is 5.34. The van der Waals surface area contributed by atoms with E-state index in [0.29, 0.717) is 5.56 Å². The minimum atomic E-state index is -4.87. The van der Waals surface area contributed by atoms with Crippen LogP contribution in [-0.4, -0.2) is 38.2 Å². The second kappa shape index (κ2) is 6.23. The molecule has 0 atom stereocenters. The van der Waals surface area contributed by atoms with E-state index in [0.717, 1.165) is 12.1 Å². The fourth-order valence-corrected chi connectivity index (χ4v) is 2.46. The minimum Gasteiger partial charge on any atom is -0.481 e. The molecule has 1 aromatic carbocycles. The van der Waals surface area contributed by atoms with Crippen molar-refractivity contribution >= 4 is 15.8 Å². The first-order valence-corrected chi connectivity index (χ1v) is 6.99. The molecule has 112 valence electrons. The van der Waals surface area contributed by atoms with Crippen LogP contribution < -0.4 is 0 Å². The minimum absolute atomic E-state index is 0.183. The average Bonchev–Trinajstić information content (AvgIpc) is 2.26. The van der Waals surface area contributed by atoms with Crippen molar-refractivity contribution in [2.45, 2.75) is 17.7 Å². The van der Waals surface area contributed by atoms with Crippen molar-refractivity contribution < 1.29 is 36.2 Å². The number of aliphatic carboxylic acids is 1. The summed E-state index contributed by atoms with van der Waals surface area (Å²) in [6, 6.07) is 4.90. The fraction of sp³-hybridized carbons (Fsp3) is 0.364. The second-order valence-electron chi connectivity index (χ2n) is 3.83. The Morgan fingerprint density at radius 2 is 1.75 bits per heavy atom. The van der Waals surface area contributed by atoms with E-state index < -0.39 is 34.5 Å². The molecule has 0 aliphatic carbocycles. The van der Waals surface area contributed by atoms with Crippen LogP contribution >= 0.6 is 0 Å². The number of carbonyl (C=O) groups is 1. The van der Waals surface area contributed by atoms with Crippen LogP contribution in [0.25, 0.3) is 0 Å². The van der Waals surface area contributed by atoms with E-state index in [9.17, 15) is 26.4 Å². The number of hydrogen-bond donors (Lipinski definition) is 1. The third-order valence-corrected chi connectivity index (χ3v) is 3.95. The molecule has 0 radical (unpaired) electrons. The van der Waals surface area contributed by atoms with Crippen LogP contribution in [0.4, 0.5) is 13.2 Å². The van der Waals surface area contributed by atoms with E-state index in [1.165, 1.54) is 12.1 Å². The van der Waals surface area contributed by atoms with E-state index in [-0.39, 0.29) is 11.3 Å². The van der Waals surface area contributed by atoms with Crippen LogP contribution in [0.2, 0.25) is 0 Å². The fourth-order valence-electron chi connectivity index (χ4n) is 1.37. The van der Waals surface area contributed by atoms with Gasteiger partial charge in [0.1, 0.15) is 0 Å². The molecule has 0 aliphatic heterocycles. The lowest BCUT2D eigenvalue weighted by Gasteiger charge is -2.08. The van der Waals surface area contributed by atoms with Crippen molar-refractivity contribution in [2.75, 3.05) is 12.4 Å². The number of alkyl halides is 3. The number of halogens is 3. The summed E-state index contributed by atoms with van der Waals surface area (Å²) in [6.45, 7) is -0.997. The lowest BCUT2D eigenvalue weighted by molar-refractivity contribution is -0.322. The summed E-state index contributed by atoms with van der Waals surface area (Å²) in [4.78, 5) is 10.3. The highest BCUT2D eigenvalue weighted by atomic mass is 32.2. The summed E-state index contributed by atoms with van der Waals surface area (Å²) in [5.41, 5.74) is 0.392. The zero-order chi connectivity index (χ0) is 15.4. The Morgan fingerprint density at radius 3 is 2.20 bits per heavy atom. The van der Waals surface area contributed by atoms with Crippen molar-refractivity contribution in [2.24, 2.45) is 0 Å². The molecule has 0 saturated carbocycles. The molecular weight excluding hydrogens is 301 g/mol. The lowest BCUT2D eigenvalue weighted by Crippen LogP contribution is -2.20. The smallest absolute Gasteiger partial charge is 0.481 e. The number of carboxylic acid groups (broad SMARTS) is 1. The van der Waals surface area contributed by atoms with Gasteiger partial charge in [0.2, 0.25) is 0 Å². The van der Waals surface area contributed by atoms with Gasteiger partial charge >= 0.3 is 12.3 Å². The van der Waals surface area contributed by atoms with Gasteiger partial charge in [-0.2, -0.15) is 0 Å². The van der Waals surface area contributed by atoms with Gasteiger partial charge in [0.25, 0.3) is 0 Å². The Kier molecular flexibility index (Phi) is 5.12. The molecule has 0 spiro atoms. The number of rotatable bonds is 6. The largest absolute Gasteiger partial charge is 0.522 e. The summed E-state index contributed by atoms with van der Waals surface area (Å²) >= 11 is 0. The molecule has 0 fully saturated rings. The molecule has 1 rings (SSSR count). The monoisotopic (exact) mass is 312 g/mol. The van der Waals surface area contributed by atoms with E-state index in [1.807, 2.05) is 0 Å². The van der Waals surface area contributed by atoms with E-state index >= 15 is 0 Å². The first-order chi connectivity index (χ1) is 9.10. The van der Waals surface area contributed by atoms with Crippen molar-refractivity contribution in [1.29, 1.82) is 0 Å². The molecule has 0 saturated heterocycles. The Bertz CT molecular complexity index is 563. The predicted molar refractivity (Wildman–Crippen MR) is 61.8 cm³/mol. The highest BCUT2D eigenvalue weighted by Crippen LogP contribution is 2.18. The van der Waals surface area contributed by atoms with Gasteiger partial charge in [-0.3, -0.25) is 9.53 Å². The molecule has 0 bridgehead atoms. The topological polar surface area (TPSA) is 80.7 Å². The molecule has 0 heterocycles. The van der Waals surface area contributed by atoms with Crippen molar-refractivity contribution in [3.05, 3.63) is 29.8 Å². The van der Waals surface area contributed by atoms with Gasteiger partial charge in [0.05, 0.1) is 23.7 Å². The normalized spacial score (nSPS) is 12.3. The highest BCUT2D eigenvalue weighted by molar-refractivity contribution is 7.91. The Labute approximate surface area is 112 Å². The van der Waals surface area contributed by atoms with Gasteiger partial charge in [-0.15, -0.1) is 13.2 Å².